The molecule has 1 atom stereocenters. The monoisotopic (exact) mass is 400 g/mol. The predicted molar refractivity (Wildman–Crippen MR) is 105 cm³/mol. The minimum Gasteiger partial charge on any atom is -0.474 e. The van der Waals surface area contributed by atoms with Gasteiger partial charge in [0.1, 0.15) is 6.61 Å². The van der Waals surface area contributed by atoms with Gasteiger partial charge in [0.2, 0.25) is 5.88 Å². The Bertz CT molecular complexity index is 930. The van der Waals surface area contributed by atoms with Crippen molar-refractivity contribution in [3.05, 3.63) is 59.3 Å². The molecule has 0 unspecified atom stereocenters. The van der Waals surface area contributed by atoms with Crippen LogP contribution < -0.4 is 4.74 Å². The van der Waals surface area contributed by atoms with Gasteiger partial charge in [-0.25, -0.2) is 4.98 Å². The Labute approximate surface area is 168 Å². The van der Waals surface area contributed by atoms with E-state index in [4.69, 9.17) is 16.3 Å². The molecule has 9 heteroatoms. The van der Waals surface area contributed by atoms with E-state index < -0.39 is 0 Å². The first-order chi connectivity index (χ1) is 13.5. The molecule has 0 aliphatic heterocycles. The van der Waals surface area contributed by atoms with Gasteiger partial charge in [-0.3, -0.25) is 9.78 Å². The summed E-state index contributed by atoms with van der Waals surface area (Å²) in [5, 5.41) is 8.74. The SMILES string of the molecule is CCN(C(=O)c1ccc(Cl)cc1-n1nccn1)[C@@H](C)COc1cnc(C)cn1. The first-order valence-electron chi connectivity index (χ1n) is 8.88. The zero-order valence-corrected chi connectivity index (χ0v) is 16.7. The third-order valence-electron chi connectivity index (χ3n) is 4.19. The molecule has 3 rings (SSSR count). The molecule has 1 amide bonds. The zero-order valence-electron chi connectivity index (χ0n) is 15.9. The summed E-state index contributed by atoms with van der Waals surface area (Å²) in [7, 11) is 0. The minimum atomic E-state index is -0.185. The first kappa shape index (κ1) is 19.8. The fraction of sp³-hybridized carbons (Fsp3) is 0.316. The molecule has 0 aliphatic carbocycles. The summed E-state index contributed by atoms with van der Waals surface area (Å²) in [6.07, 6.45) is 6.30. The lowest BCUT2D eigenvalue weighted by atomic mass is 10.1. The summed E-state index contributed by atoms with van der Waals surface area (Å²) in [6.45, 7) is 6.50. The van der Waals surface area contributed by atoms with Crippen molar-refractivity contribution in [2.24, 2.45) is 0 Å². The normalized spacial score (nSPS) is 11.9. The molecule has 0 spiro atoms. The van der Waals surface area contributed by atoms with E-state index in [0.29, 0.717) is 35.3 Å². The van der Waals surface area contributed by atoms with Crippen LogP contribution in [0, 0.1) is 6.92 Å². The highest BCUT2D eigenvalue weighted by Crippen LogP contribution is 2.21. The van der Waals surface area contributed by atoms with Gasteiger partial charge in [0.15, 0.2) is 0 Å². The lowest BCUT2D eigenvalue weighted by molar-refractivity contribution is 0.0646. The number of hydrogen-bond acceptors (Lipinski definition) is 6. The topological polar surface area (TPSA) is 86.0 Å². The maximum Gasteiger partial charge on any atom is 0.256 e. The average molecular weight is 401 g/mol. The van der Waals surface area contributed by atoms with Crippen LogP contribution in [0.5, 0.6) is 5.88 Å². The predicted octanol–water partition coefficient (Wildman–Crippen LogP) is 2.95. The highest BCUT2D eigenvalue weighted by molar-refractivity contribution is 6.31. The Balaban J connectivity index is 1.78. The lowest BCUT2D eigenvalue weighted by Crippen LogP contribution is -2.42. The van der Waals surface area contributed by atoms with Crippen LogP contribution in [-0.4, -0.2) is 55.0 Å². The molecule has 0 aliphatic rings. The molecule has 3 aromatic rings. The molecule has 0 bridgehead atoms. The largest absolute Gasteiger partial charge is 0.474 e. The van der Waals surface area contributed by atoms with Gasteiger partial charge < -0.3 is 9.64 Å². The van der Waals surface area contributed by atoms with Crippen molar-refractivity contribution < 1.29 is 9.53 Å². The zero-order chi connectivity index (χ0) is 20.1. The van der Waals surface area contributed by atoms with E-state index >= 15 is 0 Å². The van der Waals surface area contributed by atoms with Crippen LogP contribution in [0.3, 0.4) is 0 Å². The van der Waals surface area contributed by atoms with Crippen LogP contribution in [0.15, 0.2) is 43.0 Å². The van der Waals surface area contributed by atoms with Gasteiger partial charge in [-0.1, -0.05) is 11.6 Å². The number of aromatic nitrogens is 5. The molecular weight excluding hydrogens is 380 g/mol. The maximum atomic E-state index is 13.2. The number of aryl methyl sites for hydroxylation is 1. The van der Waals surface area contributed by atoms with Crippen LogP contribution in [-0.2, 0) is 0 Å². The van der Waals surface area contributed by atoms with Crippen molar-refractivity contribution in [3.63, 3.8) is 0 Å². The van der Waals surface area contributed by atoms with Gasteiger partial charge in [0.05, 0.1) is 47.8 Å². The van der Waals surface area contributed by atoms with E-state index in [1.165, 1.54) is 4.80 Å². The van der Waals surface area contributed by atoms with E-state index in [0.717, 1.165) is 5.69 Å². The van der Waals surface area contributed by atoms with E-state index in [2.05, 4.69) is 20.2 Å². The highest BCUT2D eigenvalue weighted by atomic mass is 35.5. The van der Waals surface area contributed by atoms with Crippen LogP contribution in [0.2, 0.25) is 5.02 Å². The summed E-state index contributed by atoms with van der Waals surface area (Å²) in [6, 6.07) is 4.85. The molecule has 0 N–H and O–H groups in total. The van der Waals surface area contributed by atoms with E-state index in [1.54, 1.807) is 47.9 Å². The van der Waals surface area contributed by atoms with Gasteiger partial charge in [-0.05, 0) is 39.0 Å². The second kappa shape index (κ2) is 8.79. The molecule has 0 fully saturated rings. The average Bonchev–Trinajstić information content (AvgIpc) is 3.22. The number of likely N-dealkylation sites (N-methyl/N-ethyl adjacent to an activating group) is 1. The van der Waals surface area contributed by atoms with Gasteiger partial charge in [-0.2, -0.15) is 15.0 Å². The number of carbonyl (C=O) groups is 1. The maximum absolute atomic E-state index is 13.2. The summed E-state index contributed by atoms with van der Waals surface area (Å²) in [5.41, 5.74) is 1.80. The summed E-state index contributed by atoms with van der Waals surface area (Å²) in [4.78, 5) is 24.7. The van der Waals surface area contributed by atoms with E-state index in [1.807, 2.05) is 20.8 Å². The standard InChI is InChI=1S/C19H21ClN6O2/c1-4-25(14(3)12-28-18-11-21-13(2)10-22-18)19(27)16-6-5-15(20)9-17(16)26-23-7-8-24-26/h5-11,14H,4,12H2,1-3H3/t14-/m0/s1. The van der Waals surface area contributed by atoms with Gasteiger partial charge in [0.25, 0.3) is 5.91 Å². The summed E-state index contributed by atoms with van der Waals surface area (Å²) < 4.78 is 5.69. The third kappa shape index (κ3) is 4.45. The summed E-state index contributed by atoms with van der Waals surface area (Å²) in [5.74, 6) is 0.270. The van der Waals surface area contributed by atoms with Crippen LogP contribution in [0.1, 0.15) is 29.9 Å². The Morgan fingerprint density at radius 3 is 2.64 bits per heavy atom. The number of benzene rings is 1. The molecule has 8 nitrogen and oxygen atoms in total. The van der Waals surface area contributed by atoms with Crippen molar-refractivity contribution >= 4 is 17.5 Å². The van der Waals surface area contributed by atoms with E-state index in [9.17, 15) is 4.79 Å². The fourth-order valence-electron chi connectivity index (χ4n) is 2.75. The molecule has 0 radical (unpaired) electrons. The molecule has 146 valence electrons. The first-order valence-corrected chi connectivity index (χ1v) is 9.26. The van der Waals surface area contributed by atoms with Crippen molar-refractivity contribution in [1.82, 2.24) is 29.9 Å². The van der Waals surface area contributed by atoms with Gasteiger partial charge in [0, 0.05) is 11.6 Å². The molecule has 1 aromatic carbocycles. The van der Waals surface area contributed by atoms with Crippen molar-refractivity contribution in [1.29, 1.82) is 0 Å². The van der Waals surface area contributed by atoms with Crippen molar-refractivity contribution in [2.45, 2.75) is 26.8 Å². The number of hydrogen-bond donors (Lipinski definition) is 0. The Morgan fingerprint density at radius 1 is 1.25 bits per heavy atom. The van der Waals surface area contributed by atoms with Crippen LogP contribution >= 0.6 is 11.6 Å². The number of ether oxygens (including phenoxy) is 1. The minimum absolute atomic E-state index is 0.155. The number of halogens is 1. The fourth-order valence-corrected chi connectivity index (χ4v) is 2.92. The van der Waals surface area contributed by atoms with E-state index in [-0.39, 0.29) is 11.9 Å². The number of amides is 1. The highest BCUT2D eigenvalue weighted by Gasteiger charge is 2.24. The molecule has 0 saturated carbocycles. The quantitative estimate of drug-likeness (QED) is 0.606. The van der Waals surface area contributed by atoms with Crippen LogP contribution in [0.25, 0.3) is 5.69 Å². The molecule has 0 saturated heterocycles. The third-order valence-corrected chi connectivity index (χ3v) is 4.42. The summed E-state index contributed by atoms with van der Waals surface area (Å²) >= 11 is 6.12. The van der Waals surface area contributed by atoms with Gasteiger partial charge >= 0.3 is 0 Å². The van der Waals surface area contributed by atoms with Gasteiger partial charge in [-0.15, -0.1) is 0 Å². The number of carbonyl (C=O) groups excluding carboxylic acids is 1. The van der Waals surface area contributed by atoms with Crippen LogP contribution in [0.4, 0.5) is 0 Å². The second-order valence-corrected chi connectivity index (χ2v) is 6.66. The Hall–Kier alpha value is -3.00. The smallest absolute Gasteiger partial charge is 0.256 e. The Morgan fingerprint density at radius 2 is 2.00 bits per heavy atom. The second-order valence-electron chi connectivity index (χ2n) is 6.23. The molecule has 2 heterocycles. The lowest BCUT2D eigenvalue weighted by Gasteiger charge is -2.28. The van der Waals surface area contributed by atoms with Crippen molar-refractivity contribution in [3.8, 4) is 11.6 Å². The molecular formula is C19H21ClN6O2. The Kier molecular flexibility index (Phi) is 6.20. The van der Waals surface area contributed by atoms with Crippen molar-refractivity contribution in [2.75, 3.05) is 13.2 Å². The molecule has 2 aromatic heterocycles. The molecule has 28 heavy (non-hydrogen) atoms. The number of rotatable bonds is 7. The number of nitrogens with zero attached hydrogens (tertiary/aromatic N) is 6.